The number of halogens is 1. The molecule has 0 saturated carbocycles. The predicted molar refractivity (Wildman–Crippen MR) is 115 cm³/mol. The van der Waals surface area contributed by atoms with Crippen LogP contribution < -0.4 is 5.32 Å². The number of amides is 1. The van der Waals surface area contributed by atoms with Crippen LogP contribution in [0.25, 0.3) is 22.2 Å². The zero-order chi connectivity index (χ0) is 20.4. The maximum Gasteiger partial charge on any atom is 0.220 e. The maximum absolute atomic E-state index is 12.3. The first-order chi connectivity index (χ1) is 14.0. The van der Waals surface area contributed by atoms with Crippen molar-refractivity contribution in [2.45, 2.75) is 26.3 Å². The molecule has 148 valence electrons. The number of carbonyl (C=O) groups excluding carboxylic acids is 1. The van der Waals surface area contributed by atoms with Gasteiger partial charge in [-0.05, 0) is 35.7 Å². The van der Waals surface area contributed by atoms with E-state index < -0.39 is 0 Å². The van der Waals surface area contributed by atoms with Gasteiger partial charge in [0.05, 0.1) is 5.52 Å². The Morgan fingerprint density at radius 3 is 2.76 bits per heavy atom. The van der Waals surface area contributed by atoms with Gasteiger partial charge in [0.2, 0.25) is 5.91 Å². The summed E-state index contributed by atoms with van der Waals surface area (Å²) >= 11 is 6.37. The molecule has 0 spiro atoms. The quantitative estimate of drug-likeness (QED) is 0.503. The molecular weight excluding hydrogens is 386 g/mol. The van der Waals surface area contributed by atoms with Gasteiger partial charge in [-0.3, -0.25) is 4.79 Å². The van der Waals surface area contributed by atoms with Gasteiger partial charge < -0.3 is 14.9 Å². The average Bonchev–Trinajstić information content (AvgIpc) is 3.28. The minimum absolute atomic E-state index is 0.0345. The van der Waals surface area contributed by atoms with E-state index in [9.17, 15) is 4.79 Å². The molecule has 6 nitrogen and oxygen atoms in total. The summed E-state index contributed by atoms with van der Waals surface area (Å²) in [5, 5.41) is 12.6. The van der Waals surface area contributed by atoms with Gasteiger partial charge in [0.25, 0.3) is 0 Å². The largest absolute Gasteiger partial charge is 0.354 e. The molecule has 0 bridgehead atoms. The highest BCUT2D eigenvalue weighted by Crippen LogP contribution is 2.33. The Hall–Kier alpha value is -3.12. The molecule has 2 aromatic heterocycles. The molecule has 0 radical (unpaired) electrons. The smallest absolute Gasteiger partial charge is 0.220 e. The molecule has 7 heteroatoms. The summed E-state index contributed by atoms with van der Waals surface area (Å²) < 4.78 is 1.82. The van der Waals surface area contributed by atoms with Crippen LogP contribution in [0, 0.1) is 6.92 Å². The number of nitrogens with one attached hydrogen (secondary N) is 2. The van der Waals surface area contributed by atoms with Crippen molar-refractivity contribution >= 4 is 28.4 Å². The van der Waals surface area contributed by atoms with Crippen LogP contribution >= 0.6 is 11.6 Å². The van der Waals surface area contributed by atoms with Crippen molar-refractivity contribution in [3.05, 3.63) is 70.8 Å². The molecule has 2 N–H and O–H groups in total. The van der Waals surface area contributed by atoms with Gasteiger partial charge in [-0.2, -0.15) is 0 Å². The Balaban J connectivity index is 1.54. The van der Waals surface area contributed by atoms with Crippen LogP contribution in [0.1, 0.15) is 23.4 Å². The Morgan fingerprint density at radius 1 is 1.24 bits per heavy atom. The van der Waals surface area contributed by atoms with E-state index >= 15 is 0 Å². The SMILES string of the molecule is Cc1c(-c2ccccc2)[nH]c2c(CNC(=O)CCc3nncn3C)cc(Cl)cc12. The number of aromatic nitrogens is 4. The van der Waals surface area contributed by atoms with Crippen molar-refractivity contribution in [3.8, 4) is 11.3 Å². The van der Waals surface area contributed by atoms with Crippen LogP contribution in [0.5, 0.6) is 0 Å². The van der Waals surface area contributed by atoms with E-state index in [1.165, 1.54) is 0 Å². The maximum atomic E-state index is 12.3. The molecule has 0 aliphatic carbocycles. The molecule has 2 aromatic carbocycles. The lowest BCUT2D eigenvalue weighted by atomic mass is 10.1. The molecule has 0 fully saturated rings. The first-order valence-electron chi connectivity index (χ1n) is 9.48. The van der Waals surface area contributed by atoms with E-state index in [1.54, 1.807) is 6.33 Å². The average molecular weight is 408 g/mol. The van der Waals surface area contributed by atoms with Gasteiger partial charge >= 0.3 is 0 Å². The highest BCUT2D eigenvalue weighted by atomic mass is 35.5. The van der Waals surface area contributed by atoms with Crippen LogP contribution in [0.15, 0.2) is 48.8 Å². The fraction of sp³-hybridized carbons (Fsp3) is 0.227. The fourth-order valence-corrected chi connectivity index (χ4v) is 3.77. The number of benzene rings is 2. The lowest BCUT2D eigenvalue weighted by Gasteiger charge is -2.08. The van der Waals surface area contributed by atoms with Crippen molar-refractivity contribution in [1.82, 2.24) is 25.1 Å². The third kappa shape index (κ3) is 4.03. The van der Waals surface area contributed by atoms with E-state index in [-0.39, 0.29) is 5.91 Å². The second-order valence-corrected chi connectivity index (χ2v) is 7.55. The third-order valence-corrected chi connectivity index (χ3v) is 5.35. The molecule has 0 unspecified atom stereocenters. The van der Waals surface area contributed by atoms with Crippen molar-refractivity contribution < 1.29 is 4.79 Å². The molecule has 2 heterocycles. The molecule has 0 atom stereocenters. The summed E-state index contributed by atoms with van der Waals surface area (Å²) in [6.45, 7) is 2.49. The van der Waals surface area contributed by atoms with Gasteiger partial charge in [-0.25, -0.2) is 0 Å². The number of aryl methyl sites for hydroxylation is 3. The molecule has 0 aliphatic heterocycles. The van der Waals surface area contributed by atoms with Crippen molar-refractivity contribution in [1.29, 1.82) is 0 Å². The van der Waals surface area contributed by atoms with E-state index in [0.717, 1.165) is 39.1 Å². The van der Waals surface area contributed by atoms with Gasteiger partial charge in [0.1, 0.15) is 12.2 Å². The zero-order valence-corrected chi connectivity index (χ0v) is 17.1. The highest BCUT2D eigenvalue weighted by Gasteiger charge is 2.14. The van der Waals surface area contributed by atoms with Crippen molar-refractivity contribution in [2.75, 3.05) is 0 Å². The van der Waals surface area contributed by atoms with E-state index in [2.05, 4.69) is 39.6 Å². The van der Waals surface area contributed by atoms with Crippen LogP contribution in [-0.4, -0.2) is 25.7 Å². The molecule has 29 heavy (non-hydrogen) atoms. The second-order valence-electron chi connectivity index (χ2n) is 7.11. The summed E-state index contributed by atoms with van der Waals surface area (Å²) in [6, 6.07) is 14.1. The van der Waals surface area contributed by atoms with Gasteiger partial charge in [-0.15, -0.1) is 10.2 Å². The first-order valence-corrected chi connectivity index (χ1v) is 9.86. The molecule has 1 amide bonds. The number of fused-ring (bicyclic) bond motifs is 1. The summed E-state index contributed by atoms with van der Waals surface area (Å²) in [7, 11) is 1.87. The van der Waals surface area contributed by atoms with Crippen LogP contribution in [-0.2, 0) is 24.8 Å². The lowest BCUT2D eigenvalue weighted by Crippen LogP contribution is -2.23. The Morgan fingerprint density at radius 2 is 2.03 bits per heavy atom. The number of nitrogens with zero attached hydrogens (tertiary/aromatic N) is 3. The van der Waals surface area contributed by atoms with E-state index in [0.29, 0.717) is 24.4 Å². The Kier molecular flexibility index (Phi) is 5.36. The summed E-state index contributed by atoms with van der Waals surface area (Å²) in [6.07, 6.45) is 2.54. The molecule has 0 aliphatic rings. The number of rotatable bonds is 6. The van der Waals surface area contributed by atoms with Crippen LogP contribution in [0.3, 0.4) is 0 Å². The summed E-state index contributed by atoms with van der Waals surface area (Å²) in [4.78, 5) is 15.9. The number of hydrogen-bond acceptors (Lipinski definition) is 3. The Bertz CT molecular complexity index is 1160. The standard InChI is InChI=1S/C22H22ClN5O/c1-14-18-11-17(23)10-16(22(18)26-21(14)15-6-4-3-5-7-15)12-24-20(29)9-8-19-27-25-13-28(19)2/h3-7,10-11,13,26H,8-9,12H2,1-2H3,(H,24,29). The first kappa shape index (κ1) is 19.2. The van der Waals surface area contributed by atoms with Crippen molar-refractivity contribution in [3.63, 3.8) is 0 Å². The number of carbonyl (C=O) groups is 1. The fourth-order valence-electron chi connectivity index (χ4n) is 3.53. The van der Waals surface area contributed by atoms with Crippen LogP contribution in [0.2, 0.25) is 5.02 Å². The van der Waals surface area contributed by atoms with Crippen molar-refractivity contribution in [2.24, 2.45) is 7.05 Å². The minimum Gasteiger partial charge on any atom is -0.354 e. The van der Waals surface area contributed by atoms with Crippen LogP contribution in [0.4, 0.5) is 0 Å². The predicted octanol–water partition coefficient (Wildman–Crippen LogP) is 4.17. The zero-order valence-electron chi connectivity index (χ0n) is 16.4. The second kappa shape index (κ2) is 8.09. The van der Waals surface area contributed by atoms with E-state index in [4.69, 9.17) is 11.6 Å². The monoisotopic (exact) mass is 407 g/mol. The lowest BCUT2D eigenvalue weighted by molar-refractivity contribution is -0.121. The summed E-state index contributed by atoms with van der Waals surface area (Å²) in [5.74, 6) is 0.755. The van der Waals surface area contributed by atoms with Gasteiger partial charge in [-0.1, -0.05) is 41.9 Å². The molecule has 0 saturated heterocycles. The summed E-state index contributed by atoms with van der Waals surface area (Å²) in [5.41, 5.74) is 5.29. The molecular formula is C22H22ClN5O. The molecule has 4 aromatic rings. The minimum atomic E-state index is -0.0345. The number of aromatic amines is 1. The third-order valence-electron chi connectivity index (χ3n) is 5.13. The topological polar surface area (TPSA) is 75.6 Å². The molecule has 4 rings (SSSR count). The number of H-pyrrole nitrogens is 1. The van der Waals surface area contributed by atoms with E-state index in [1.807, 2.05) is 41.9 Å². The normalized spacial score (nSPS) is 11.1. The Labute approximate surface area is 173 Å². The van der Waals surface area contributed by atoms with Gasteiger partial charge in [0.15, 0.2) is 0 Å². The highest BCUT2D eigenvalue weighted by molar-refractivity contribution is 6.31. The van der Waals surface area contributed by atoms with Gasteiger partial charge in [0, 0.05) is 42.5 Å². The number of hydrogen-bond donors (Lipinski definition) is 2.